The standard InChI is InChI=1S/C25H21NS/c1-3-10-19(11-4-2)26(20-12-6-5-7-13-20)21-16-17-25-23(18-21)22-14-8-9-15-24(22)27-25/h3-18H,1H2,2H3/b11-4-,19-10+. The summed E-state index contributed by atoms with van der Waals surface area (Å²) in [5.74, 6) is 0. The highest BCUT2D eigenvalue weighted by atomic mass is 32.1. The molecule has 27 heavy (non-hydrogen) atoms. The highest BCUT2D eigenvalue weighted by Gasteiger charge is 2.14. The smallest absolute Gasteiger partial charge is 0.0468 e. The lowest BCUT2D eigenvalue weighted by Gasteiger charge is -2.26. The van der Waals surface area contributed by atoms with Crippen molar-refractivity contribution in [3.05, 3.63) is 109 Å². The molecule has 0 aliphatic heterocycles. The molecule has 1 nitrogen and oxygen atoms in total. The molecule has 0 aliphatic carbocycles. The van der Waals surface area contributed by atoms with E-state index in [1.165, 1.54) is 20.2 Å². The number of anilines is 2. The molecule has 0 saturated heterocycles. The van der Waals surface area contributed by atoms with Gasteiger partial charge in [-0.3, -0.25) is 0 Å². The first kappa shape index (κ1) is 17.3. The molecule has 1 heterocycles. The van der Waals surface area contributed by atoms with E-state index in [9.17, 15) is 0 Å². The fraction of sp³-hybridized carbons (Fsp3) is 0.0400. The average Bonchev–Trinajstić information content (AvgIpc) is 3.08. The lowest BCUT2D eigenvalue weighted by molar-refractivity contribution is 1.21. The molecule has 0 atom stereocenters. The summed E-state index contributed by atoms with van der Waals surface area (Å²) in [5.41, 5.74) is 3.35. The van der Waals surface area contributed by atoms with Crippen LogP contribution >= 0.6 is 11.3 Å². The Hall–Kier alpha value is -3.10. The van der Waals surface area contributed by atoms with Crippen molar-refractivity contribution in [3.8, 4) is 0 Å². The Bertz CT molecular complexity index is 1150. The maximum absolute atomic E-state index is 3.90. The first-order valence-corrected chi connectivity index (χ1v) is 9.85. The minimum atomic E-state index is 1.08. The average molecular weight is 368 g/mol. The fourth-order valence-electron chi connectivity index (χ4n) is 3.37. The number of thiophene rings is 1. The Morgan fingerprint density at radius 3 is 2.37 bits per heavy atom. The molecule has 2 heteroatoms. The molecule has 0 amide bonds. The summed E-state index contributed by atoms with van der Waals surface area (Å²) in [7, 11) is 0. The van der Waals surface area contributed by atoms with Gasteiger partial charge in [0.15, 0.2) is 0 Å². The fourth-order valence-corrected chi connectivity index (χ4v) is 4.46. The van der Waals surface area contributed by atoms with Crippen molar-refractivity contribution in [1.82, 2.24) is 0 Å². The number of nitrogens with zero attached hydrogens (tertiary/aromatic N) is 1. The van der Waals surface area contributed by atoms with Crippen LogP contribution in [0.2, 0.25) is 0 Å². The van der Waals surface area contributed by atoms with Gasteiger partial charge in [-0.25, -0.2) is 0 Å². The maximum atomic E-state index is 3.90. The quantitative estimate of drug-likeness (QED) is 0.325. The molecule has 0 unspecified atom stereocenters. The van der Waals surface area contributed by atoms with Crippen LogP contribution in [0.25, 0.3) is 20.2 Å². The van der Waals surface area contributed by atoms with Gasteiger partial charge in [-0.1, -0.05) is 55.1 Å². The summed E-state index contributed by atoms with van der Waals surface area (Å²) in [6.45, 7) is 5.94. The van der Waals surface area contributed by atoms with Crippen LogP contribution in [0.15, 0.2) is 109 Å². The Balaban J connectivity index is 1.95. The van der Waals surface area contributed by atoms with E-state index in [4.69, 9.17) is 0 Å². The predicted octanol–water partition coefficient (Wildman–Crippen LogP) is 7.84. The number of para-hydroxylation sites is 1. The molecule has 0 N–H and O–H groups in total. The third kappa shape index (κ3) is 3.32. The largest absolute Gasteiger partial charge is 0.310 e. The summed E-state index contributed by atoms with van der Waals surface area (Å²) in [6.07, 6.45) is 8.06. The van der Waals surface area contributed by atoms with E-state index < -0.39 is 0 Å². The van der Waals surface area contributed by atoms with Crippen LogP contribution < -0.4 is 4.90 Å². The van der Waals surface area contributed by atoms with E-state index in [1.807, 2.05) is 36.5 Å². The monoisotopic (exact) mass is 367 g/mol. The first-order valence-electron chi connectivity index (χ1n) is 9.03. The zero-order chi connectivity index (χ0) is 18.6. The highest BCUT2D eigenvalue weighted by molar-refractivity contribution is 7.25. The Morgan fingerprint density at radius 2 is 1.59 bits per heavy atom. The van der Waals surface area contributed by atoms with Crippen LogP contribution in [0.3, 0.4) is 0 Å². The van der Waals surface area contributed by atoms with Crippen molar-refractivity contribution < 1.29 is 0 Å². The summed E-state index contributed by atoms with van der Waals surface area (Å²) < 4.78 is 2.64. The normalized spacial score (nSPS) is 12.1. The number of rotatable bonds is 5. The molecule has 1 aromatic heterocycles. The Labute approximate surface area is 164 Å². The van der Waals surface area contributed by atoms with E-state index in [0.29, 0.717) is 0 Å². The van der Waals surface area contributed by atoms with Crippen molar-refractivity contribution in [1.29, 1.82) is 0 Å². The van der Waals surface area contributed by atoms with Crippen molar-refractivity contribution >= 4 is 42.9 Å². The van der Waals surface area contributed by atoms with E-state index in [0.717, 1.165) is 17.1 Å². The number of fused-ring (bicyclic) bond motifs is 3. The first-order chi connectivity index (χ1) is 13.3. The van der Waals surface area contributed by atoms with Crippen LogP contribution in [0.4, 0.5) is 11.4 Å². The molecule has 0 spiro atoms. The summed E-state index contributed by atoms with van der Waals surface area (Å²) >= 11 is 1.84. The highest BCUT2D eigenvalue weighted by Crippen LogP contribution is 2.38. The summed E-state index contributed by atoms with van der Waals surface area (Å²) in [5, 5.41) is 2.61. The minimum absolute atomic E-state index is 1.08. The van der Waals surface area contributed by atoms with Crippen molar-refractivity contribution in [3.63, 3.8) is 0 Å². The van der Waals surface area contributed by atoms with Crippen LogP contribution in [-0.2, 0) is 0 Å². The number of allylic oxidation sites excluding steroid dienone is 4. The molecule has 0 bridgehead atoms. The second kappa shape index (κ2) is 7.65. The van der Waals surface area contributed by atoms with Crippen LogP contribution in [-0.4, -0.2) is 0 Å². The van der Waals surface area contributed by atoms with Crippen molar-refractivity contribution in [2.24, 2.45) is 0 Å². The molecule has 0 aliphatic rings. The van der Waals surface area contributed by atoms with Gasteiger partial charge in [0.2, 0.25) is 0 Å². The molecule has 0 fully saturated rings. The minimum Gasteiger partial charge on any atom is -0.310 e. The topological polar surface area (TPSA) is 3.24 Å². The molecule has 0 saturated carbocycles. The Kier molecular flexibility index (Phi) is 4.91. The van der Waals surface area contributed by atoms with Crippen molar-refractivity contribution in [2.75, 3.05) is 4.90 Å². The van der Waals surface area contributed by atoms with Gasteiger partial charge in [0.05, 0.1) is 0 Å². The molecule has 3 aromatic carbocycles. The molecular weight excluding hydrogens is 346 g/mol. The maximum Gasteiger partial charge on any atom is 0.0468 e. The molecule has 4 aromatic rings. The van der Waals surface area contributed by atoms with Gasteiger partial charge in [-0.05, 0) is 55.5 Å². The molecular formula is C25H21NS. The summed E-state index contributed by atoms with van der Waals surface area (Å²) in [6, 6.07) is 25.8. The van der Waals surface area contributed by atoms with Gasteiger partial charge >= 0.3 is 0 Å². The molecule has 4 rings (SSSR count). The van der Waals surface area contributed by atoms with Crippen LogP contribution in [0, 0.1) is 0 Å². The molecule has 132 valence electrons. The van der Waals surface area contributed by atoms with Crippen LogP contribution in [0.1, 0.15) is 6.92 Å². The van der Waals surface area contributed by atoms with Crippen LogP contribution in [0.5, 0.6) is 0 Å². The third-order valence-corrected chi connectivity index (χ3v) is 5.67. The van der Waals surface area contributed by atoms with Gasteiger partial charge in [0.1, 0.15) is 0 Å². The number of benzene rings is 3. The van der Waals surface area contributed by atoms with E-state index >= 15 is 0 Å². The van der Waals surface area contributed by atoms with Gasteiger partial charge in [-0.15, -0.1) is 11.3 Å². The number of hydrogen-bond donors (Lipinski definition) is 0. The van der Waals surface area contributed by atoms with E-state index in [1.54, 1.807) is 0 Å². The predicted molar refractivity (Wildman–Crippen MR) is 121 cm³/mol. The summed E-state index contributed by atoms with van der Waals surface area (Å²) in [4.78, 5) is 2.27. The second-order valence-corrected chi connectivity index (χ2v) is 7.36. The lowest BCUT2D eigenvalue weighted by Crippen LogP contribution is -2.14. The lowest BCUT2D eigenvalue weighted by atomic mass is 10.1. The SMILES string of the molecule is C=C/C=C(\C=C/C)N(c1ccccc1)c1ccc2sc3ccccc3c2c1. The Morgan fingerprint density at radius 1 is 0.852 bits per heavy atom. The van der Waals surface area contributed by atoms with Gasteiger partial charge in [0, 0.05) is 37.2 Å². The second-order valence-electron chi connectivity index (χ2n) is 6.28. The zero-order valence-electron chi connectivity index (χ0n) is 15.3. The number of hydrogen-bond acceptors (Lipinski definition) is 2. The molecule has 0 radical (unpaired) electrons. The van der Waals surface area contributed by atoms with Gasteiger partial charge in [0.25, 0.3) is 0 Å². The van der Waals surface area contributed by atoms with E-state index in [2.05, 4.69) is 90.4 Å². The van der Waals surface area contributed by atoms with Gasteiger partial charge in [-0.2, -0.15) is 0 Å². The third-order valence-electron chi connectivity index (χ3n) is 4.52. The van der Waals surface area contributed by atoms with Gasteiger partial charge < -0.3 is 4.90 Å². The van der Waals surface area contributed by atoms with E-state index in [-0.39, 0.29) is 0 Å². The van der Waals surface area contributed by atoms with Crippen molar-refractivity contribution in [2.45, 2.75) is 6.92 Å². The zero-order valence-corrected chi connectivity index (χ0v) is 16.1.